The van der Waals surface area contributed by atoms with E-state index < -0.39 is 16.6 Å². The number of fused-ring (bicyclic) bond motifs is 3. The van der Waals surface area contributed by atoms with Crippen molar-refractivity contribution in [2.45, 2.75) is 53.4 Å². The van der Waals surface area contributed by atoms with Crippen molar-refractivity contribution in [1.82, 2.24) is 19.4 Å². The van der Waals surface area contributed by atoms with Crippen LogP contribution >= 0.6 is 0 Å². The van der Waals surface area contributed by atoms with Crippen LogP contribution in [0.3, 0.4) is 0 Å². The van der Waals surface area contributed by atoms with Gasteiger partial charge in [-0.25, -0.2) is 14.8 Å². The third-order valence-electron chi connectivity index (χ3n) is 7.82. The van der Waals surface area contributed by atoms with Gasteiger partial charge in [-0.2, -0.15) is 0 Å². The Morgan fingerprint density at radius 1 is 1.15 bits per heavy atom. The number of nitrogens with one attached hydrogen (secondary N) is 1. The SMILES string of the molecule is CCN(CCN(CC)c1cc(OC)c(Nc2nccc(-c3c4n(c5ccccc35)CCOC4)n2)cc1[N+](=O)[O-])C(=O)OC(C)(C)C. The van der Waals surface area contributed by atoms with Gasteiger partial charge in [0.2, 0.25) is 5.95 Å². The van der Waals surface area contributed by atoms with Gasteiger partial charge in [0.25, 0.3) is 5.69 Å². The van der Waals surface area contributed by atoms with Crippen LogP contribution in [0.1, 0.15) is 40.3 Å². The number of methoxy groups -OCH3 is 1. The van der Waals surface area contributed by atoms with Crippen LogP contribution in [-0.2, 0) is 22.6 Å². The second-order valence-electron chi connectivity index (χ2n) is 11.9. The van der Waals surface area contributed by atoms with E-state index in [-0.39, 0.29) is 11.6 Å². The molecule has 0 aliphatic carbocycles. The lowest BCUT2D eigenvalue weighted by Crippen LogP contribution is -2.41. The Morgan fingerprint density at radius 3 is 2.63 bits per heavy atom. The molecule has 2 aromatic carbocycles. The van der Waals surface area contributed by atoms with Crippen LogP contribution < -0.4 is 15.0 Å². The molecule has 0 saturated carbocycles. The van der Waals surface area contributed by atoms with Crippen LogP contribution in [0.15, 0.2) is 48.7 Å². The average Bonchev–Trinajstić information content (AvgIpc) is 3.37. The molecule has 5 rings (SSSR count). The van der Waals surface area contributed by atoms with Gasteiger partial charge in [0.1, 0.15) is 17.0 Å². The number of carbonyl (C=O) groups is 1. The Labute approximate surface area is 268 Å². The van der Waals surface area contributed by atoms with E-state index in [9.17, 15) is 14.9 Å². The lowest BCUT2D eigenvalue weighted by molar-refractivity contribution is -0.384. The van der Waals surface area contributed by atoms with E-state index >= 15 is 0 Å². The van der Waals surface area contributed by atoms with Crippen molar-refractivity contribution in [3.05, 3.63) is 64.5 Å². The number of likely N-dealkylation sites (N-methyl/N-ethyl adjacent to an activating group) is 2. The first-order valence-corrected chi connectivity index (χ1v) is 15.4. The molecule has 1 aliphatic heterocycles. The summed E-state index contributed by atoms with van der Waals surface area (Å²) in [5.41, 5.74) is 3.82. The molecular formula is C33H41N7O6. The standard InChI is InChI=1S/C33H41N7O6/c1-7-37(15-16-38(8-2)32(41)46-33(3,4)5)26-20-29(44-6)24(19-27(26)40(42)43)36-31-34-14-13-23(35-31)30-22-11-9-10-12-25(22)39-17-18-45-21-28(30)39/h9-14,19-20H,7-8,15-18,21H2,1-6H3,(H,34,35,36). The third kappa shape index (κ3) is 6.84. The van der Waals surface area contributed by atoms with Crippen LogP contribution in [-0.4, -0.2) is 75.9 Å². The smallest absolute Gasteiger partial charge is 0.410 e. The summed E-state index contributed by atoms with van der Waals surface area (Å²) in [5, 5.41) is 16.6. The molecule has 13 heteroatoms. The summed E-state index contributed by atoms with van der Waals surface area (Å²) in [6.07, 6.45) is 1.23. The van der Waals surface area contributed by atoms with Gasteiger partial charge in [0.15, 0.2) is 0 Å². The maximum Gasteiger partial charge on any atom is 0.410 e. The van der Waals surface area contributed by atoms with Crippen molar-refractivity contribution < 1.29 is 23.9 Å². The zero-order chi connectivity index (χ0) is 33.0. The molecule has 0 radical (unpaired) electrons. The Morgan fingerprint density at radius 2 is 1.93 bits per heavy atom. The highest BCUT2D eigenvalue weighted by Crippen LogP contribution is 2.40. The molecule has 1 aliphatic rings. The molecule has 244 valence electrons. The van der Waals surface area contributed by atoms with Crippen molar-refractivity contribution >= 4 is 40.0 Å². The number of nitrogens with zero attached hydrogens (tertiary/aromatic N) is 6. The molecule has 0 unspecified atom stereocenters. The van der Waals surface area contributed by atoms with Gasteiger partial charge >= 0.3 is 6.09 Å². The van der Waals surface area contributed by atoms with E-state index in [1.54, 1.807) is 17.2 Å². The first-order valence-electron chi connectivity index (χ1n) is 15.4. The Bertz CT molecular complexity index is 1730. The third-order valence-corrected chi connectivity index (χ3v) is 7.82. The second-order valence-corrected chi connectivity index (χ2v) is 11.9. The maximum atomic E-state index is 12.7. The molecule has 3 heterocycles. The molecule has 2 aromatic heterocycles. The number of nitro benzene ring substituents is 1. The van der Waals surface area contributed by atoms with Gasteiger partial charge in [-0.1, -0.05) is 18.2 Å². The lowest BCUT2D eigenvalue weighted by atomic mass is 10.1. The average molecular weight is 632 g/mol. The van der Waals surface area contributed by atoms with E-state index in [0.29, 0.717) is 62.2 Å². The van der Waals surface area contributed by atoms with Crippen LogP contribution in [0.5, 0.6) is 5.75 Å². The van der Waals surface area contributed by atoms with Crippen LogP contribution in [0, 0.1) is 10.1 Å². The fourth-order valence-corrected chi connectivity index (χ4v) is 5.67. The van der Waals surface area contributed by atoms with Crippen molar-refractivity contribution in [2.75, 3.05) is 50.1 Å². The normalized spacial score (nSPS) is 12.8. The van der Waals surface area contributed by atoms with E-state index in [4.69, 9.17) is 19.2 Å². The maximum absolute atomic E-state index is 12.7. The minimum atomic E-state index is -0.628. The number of anilines is 3. The number of ether oxygens (including phenoxy) is 3. The minimum Gasteiger partial charge on any atom is -0.494 e. The highest BCUT2D eigenvalue weighted by molar-refractivity contribution is 5.97. The number of benzene rings is 2. The number of rotatable bonds is 11. The minimum absolute atomic E-state index is 0.119. The highest BCUT2D eigenvalue weighted by atomic mass is 16.6. The monoisotopic (exact) mass is 631 g/mol. The Balaban J connectivity index is 1.44. The van der Waals surface area contributed by atoms with E-state index in [1.807, 2.05) is 57.7 Å². The topological polar surface area (TPSA) is 137 Å². The molecule has 1 amide bonds. The fraction of sp³-hybridized carbons (Fsp3) is 0.424. The summed E-state index contributed by atoms with van der Waals surface area (Å²) in [7, 11) is 1.50. The van der Waals surface area contributed by atoms with Gasteiger partial charge in [0.05, 0.1) is 42.3 Å². The number of aromatic nitrogens is 3. The molecule has 0 atom stereocenters. The van der Waals surface area contributed by atoms with Crippen LogP contribution in [0.25, 0.3) is 22.2 Å². The number of amides is 1. The van der Waals surface area contributed by atoms with Crippen LogP contribution in [0.2, 0.25) is 0 Å². The van der Waals surface area contributed by atoms with Crippen molar-refractivity contribution in [2.24, 2.45) is 0 Å². The Hall–Kier alpha value is -4.91. The summed E-state index contributed by atoms with van der Waals surface area (Å²) in [6, 6.07) is 13.1. The zero-order valence-corrected chi connectivity index (χ0v) is 27.2. The number of carbonyl (C=O) groups excluding carboxylic acids is 1. The molecule has 0 bridgehead atoms. The number of nitro groups is 1. The highest BCUT2D eigenvalue weighted by Gasteiger charge is 2.27. The number of para-hydroxylation sites is 1. The van der Waals surface area contributed by atoms with Gasteiger partial charge in [-0.3, -0.25) is 10.1 Å². The van der Waals surface area contributed by atoms with Gasteiger partial charge < -0.3 is 33.9 Å². The van der Waals surface area contributed by atoms with Gasteiger partial charge in [-0.05, 0) is 46.8 Å². The lowest BCUT2D eigenvalue weighted by Gasteiger charge is -2.30. The predicted octanol–water partition coefficient (Wildman–Crippen LogP) is 6.37. The second kappa shape index (κ2) is 13.6. The van der Waals surface area contributed by atoms with Gasteiger partial charge in [0, 0.05) is 67.5 Å². The molecule has 1 N–H and O–H groups in total. The number of hydrogen-bond donors (Lipinski definition) is 1. The summed E-state index contributed by atoms with van der Waals surface area (Å²) in [4.78, 5) is 37.3. The van der Waals surface area contributed by atoms with Crippen molar-refractivity contribution in [3.8, 4) is 17.0 Å². The van der Waals surface area contributed by atoms with Gasteiger partial charge in [-0.15, -0.1) is 0 Å². The van der Waals surface area contributed by atoms with Crippen LogP contribution in [0.4, 0.5) is 27.8 Å². The first-order chi connectivity index (χ1) is 22.0. The predicted molar refractivity (Wildman–Crippen MR) is 177 cm³/mol. The zero-order valence-electron chi connectivity index (χ0n) is 27.2. The summed E-state index contributed by atoms with van der Waals surface area (Å²) >= 11 is 0. The number of hydrogen-bond acceptors (Lipinski definition) is 10. The molecule has 13 nitrogen and oxygen atoms in total. The summed E-state index contributed by atoms with van der Waals surface area (Å²) in [5.74, 6) is 0.648. The molecule has 4 aromatic rings. The summed E-state index contributed by atoms with van der Waals surface area (Å²) in [6.45, 7) is 12.7. The molecular weight excluding hydrogens is 590 g/mol. The van der Waals surface area contributed by atoms with Crippen molar-refractivity contribution in [1.29, 1.82) is 0 Å². The fourth-order valence-electron chi connectivity index (χ4n) is 5.67. The van der Waals surface area contributed by atoms with E-state index in [2.05, 4.69) is 27.0 Å². The first kappa shape index (κ1) is 32.5. The molecule has 0 fully saturated rings. The quantitative estimate of drug-likeness (QED) is 0.147. The molecule has 0 saturated heterocycles. The summed E-state index contributed by atoms with van der Waals surface area (Å²) < 4.78 is 19.3. The van der Waals surface area contributed by atoms with Crippen molar-refractivity contribution in [3.63, 3.8) is 0 Å². The molecule has 0 spiro atoms. The van der Waals surface area contributed by atoms with E-state index in [1.165, 1.54) is 13.2 Å². The Kier molecular flexibility index (Phi) is 9.61. The largest absolute Gasteiger partial charge is 0.494 e. The molecule has 46 heavy (non-hydrogen) atoms. The van der Waals surface area contributed by atoms with E-state index in [0.717, 1.165) is 28.7 Å².